The lowest BCUT2D eigenvalue weighted by Crippen LogP contribution is -2.48. The maximum atomic E-state index is 12.3. The van der Waals surface area contributed by atoms with Crippen molar-refractivity contribution in [3.8, 4) is 0 Å². The summed E-state index contributed by atoms with van der Waals surface area (Å²) < 4.78 is 0. The van der Waals surface area contributed by atoms with Gasteiger partial charge in [-0.2, -0.15) is 0 Å². The number of aliphatic imine (C=N–C) groups is 1. The van der Waals surface area contributed by atoms with Gasteiger partial charge in [0.15, 0.2) is 5.96 Å². The Bertz CT molecular complexity index is 458. The second-order valence-electron chi connectivity index (χ2n) is 7.99. The summed E-state index contributed by atoms with van der Waals surface area (Å²) in [6.07, 6.45) is 7.78. The molecule has 2 aliphatic carbocycles. The lowest BCUT2D eigenvalue weighted by molar-refractivity contribution is -0.126. The second-order valence-corrected chi connectivity index (χ2v) is 7.99. The fourth-order valence-corrected chi connectivity index (χ4v) is 3.89. The van der Waals surface area contributed by atoms with E-state index in [0.29, 0.717) is 6.54 Å². The standard InChI is InChI=1S/C19H36N4O2/c1-4-20-18(21-13-19(25)10-5-6-11-19)23-16-9-7-8-15(12-16)17(24)22-14(2)3/h14-16,25H,4-13H2,1-3H3,(H,22,24)(H2,20,21,23). The van der Waals surface area contributed by atoms with Gasteiger partial charge in [0.25, 0.3) is 0 Å². The summed E-state index contributed by atoms with van der Waals surface area (Å²) in [5.74, 6) is 1.01. The number of guanidine groups is 1. The van der Waals surface area contributed by atoms with Crippen LogP contribution in [0.4, 0.5) is 0 Å². The van der Waals surface area contributed by atoms with Crippen LogP contribution in [0.25, 0.3) is 0 Å². The SMILES string of the molecule is CCNC(=NCC1(O)CCCC1)NC1CCCC(C(=O)NC(C)C)C1. The molecule has 0 aromatic rings. The average Bonchev–Trinajstić information content (AvgIpc) is 3.00. The molecule has 2 aliphatic rings. The Balaban J connectivity index is 1.90. The van der Waals surface area contributed by atoms with Crippen LogP contribution in [0, 0.1) is 5.92 Å². The molecule has 1 amide bonds. The predicted octanol–water partition coefficient (Wildman–Crippen LogP) is 1.93. The molecule has 2 rings (SSSR count). The van der Waals surface area contributed by atoms with Gasteiger partial charge in [-0.1, -0.05) is 19.3 Å². The van der Waals surface area contributed by atoms with Gasteiger partial charge in [-0.25, -0.2) is 0 Å². The normalized spacial score (nSPS) is 26.5. The molecule has 144 valence electrons. The molecular weight excluding hydrogens is 316 g/mol. The highest BCUT2D eigenvalue weighted by Crippen LogP contribution is 2.29. The minimum atomic E-state index is -0.630. The summed E-state index contributed by atoms with van der Waals surface area (Å²) >= 11 is 0. The largest absolute Gasteiger partial charge is 0.388 e. The van der Waals surface area contributed by atoms with Crippen LogP contribution in [0.1, 0.15) is 72.1 Å². The highest BCUT2D eigenvalue weighted by Gasteiger charge is 2.31. The third-order valence-electron chi connectivity index (χ3n) is 5.23. The first-order valence-corrected chi connectivity index (χ1v) is 9.99. The maximum absolute atomic E-state index is 12.3. The van der Waals surface area contributed by atoms with Crippen molar-refractivity contribution in [2.45, 2.75) is 89.8 Å². The lowest BCUT2D eigenvalue weighted by atomic mass is 9.85. The fraction of sp³-hybridized carbons (Fsp3) is 0.895. The van der Waals surface area contributed by atoms with Gasteiger partial charge in [0, 0.05) is 24.5 Å². The Hall–Kier alpha value is -1.30. The van der Waals surface area contributed by atoms with E-state index in [9.17, 15) is 9.90 Å². The summed E-state index contributed by atoms with van der Waals surface area (Å²) in [7, 11) is 0. The minimum Gasteiger partial charge on any atom is -0.388 e. The summed E-state index contributed by atoms with van der Waals surface area (Å²) in [5, 5.41) is 20.3. The number of aliphatic hydroxyl groups is 1. The first-order chi connectivity index (χ1) is 11.9. The molecule has 0 saturated heterocycles. The molecular formula is C19H36N4O2. The van der Waals surface area contributed by atoms with Crippen LogP contribution in [0.3, 0.4) is 0 Å². The first-order valence-electron chi connectivity index (χ1n) is 9.99. The van der Waals surface area contributed by atoms with Crippen molar-refractivity contribution in [2.24, 2.45) is 10.9 Å². The first kappa shape index (κ1) is 20.0. The molecule has 2 atom stereocenters. The molecule has 0 bridgehead atoms. The van der Waals surface area contributed by atoms with Gasteiger partial charge < -0.3 is 21.1 Å². The van der Waals surface area contributed by atoms with Crippen LogP contribution in [0.5, 0.6) is 0 Å². The van der Waals surface area contributed by atoms with E-state index in [1.165, 1.54) is 0 Å². The Labute approximate surface area is 152 Å². The molecule has 6 nitrogen and oxygen atoms in total. The van der Waals surface area contributed by atoms with Gasteiger partial charge in [-0.05, 0) is 52.9 Å². The van der Waals surface area contributed by atoms with E-state index in [0.717, 1.165) is 63.9 Å². The van der Waals surface area contributed by atoms with Crippen molar-refractivity contribution >= 4 is 11.9 Å². The number of nitrogens with one attached hydrogen (secondary N) is 3. The Morgan fingerprint density at radius 1 is 1.24 bits per heavy atom. The van der Waals surface area contributed by atoms with Crippen LogP contribution in [-0.2, 0) is 4.79 Å². The zero-order valence-corrected chi connectivity index (χ0v) is 16.1. The van der Waals surface area contributed by atoms with E-state index in [2.05, 4.69) is 20.9 Å². The van der Waals surface area contributed by atoms with Crippen molar-refractivity contribution < 1.29 is 9.90 Å². The summed E-state index contributed by atoms with van der Waals surface area (Å²) in [5.41, 5.74) is -0.630. The number of carbonyl (C=O) groups excluding carboxylic acids is 1. The molecule has 0 heterocycles. The number of nitrogens with zero attached hydrogens (tertiary/aromatic N) is 1. The Morgan fingerprint density at radius 3 is 2.60 bits per heavy atom. The topological polar surface area (TPSA) is 85.8 Å². The van der Waals surface area contributed by atoms with E-state index in [4.69, 9.17) is 0 Å². The van der Waals surface area contributed by atoms with E-state index in [1.807, 2.05) is 20.8 Å². The Morgan fingerprint density at radius 2 is 1.96 bits per heavy atom. The molecule has 2 fully saturated rings. The van der Waals surface area contributed by atoms with E-state index in [-0.39, 0.29) is 23.9 Å². The van der Waals surface area contributed by atoms with Gasteiger partial charge in [0.1, 0.15) is 0 Å². The van der Waals surface area contributed by atoms with Crippen molar-refractivity contribution in [3.63, 3.8) is 0 Å². The number of carbonyl (C=O) groups is 1. The molecule has 4 N–H and O–H groups in total. The molecule has 2 saturated carbocycles. The third-order valence-corrected chi connectivity index (χ3v) is 5.23. The average molecular weight is 353 g/mol. The monoisotopic (exact) mass is 352 g/mol. The van der Waals surface area contributed by atoms with Gasteiger partial charge >= 0.3 is 0 Å². The van der Waals surface area contributed by atoms with E-state index >= 15 is 0 Å². The molecule has 0 spiro atoms. The number of amides is 1. The molecule has 0 radical (unpaired) electrons. The summed E-state index contributed by atoms with van der Waals surface area (Å²) in [6, 6.07) is 0.444. The smallest absolute Gasteiger partial charge is 0.223 e. The van der Waals surface area contributed by atoms with Crippen molar-refractivity contribution in [1.29, 1.82) is 0 Å². The fourth-order valence-electron chi connectivity index (χ4n) is 3.89. The van der Waals surface area contributed by atoms with Gasteiger partial charge in [0.2, 0.25) is 5.91 Å². The van der Waals surface area contributed by atoms with Crippen LogP contribution in [-0.4, -0.2) is 47.7 Å². The second kappa shape index (κ2) is 9.41. The number of hydrogen-bond donors (Lipinski definition) is 4. The molecule has 0 aromatic heterocycles. The third kappa shape index (κ3) is 6.49. The lowest BCUT2D eigenvalue weighted by Gasteiger charge is -2.31. The molecule has 0 aliphatic heterocycles. The van der Waals surface area contributed by atoms with Crippen LogP contribution in [0.15, 0.2) is 4.99 Å². The minimum absolute atomic E-state index is 0.0792. The summed E-state index contributed by atoms with van der Waals surface area (Å²) in [6.45, 7) is 7.28. The van der Waals surface area contributed by atoms with E-state index < -0.39 is 5.60 Å². The quantitative estimate of drug-likeness (QED) is 0.435. The maximum Gasteiger partial charge on any atom is 0.223 e. The summed E-state index contributed by atoms with van der Waals surface area (Å²) in [4.78, 5) is 16.9. The zero-order valence-electron chi connectivity index (χ0n) is 16.1. The van der Waals surface area contributed by atoms with E-state index in [1.54, 1.807) is 0 Å². The van der Waals surface area contributed by atoms with Crippen LogP contribution < -0.4 is 16.0 Å². The molecule has 0 aromatic carbocycles. The van der Waals surface area contributed by atoms with Crippen LogP contribution in [0.2, 0.25) is 0 Å². The van der Waals surface area contributed by atoms with Crippen molar-refractivity contribution in [3.05, 3.63) is 0 Å². The van der Waals surface area contributed by atoms with Crippen molar-refractivity contribution in [2.75, 3.05) is 13.1 Å². The Kier molecular flexibility index (Phi) is 7.54. The highest BCUT2D eigenvalue weighted by atomic mass is 16.3. The molecule has 6 heteroatoms. The molecule has 2 unspecified atom stereocenters. The highest BCUT2D eigenvalue weighted by molar-refractivity contribution is 5.81. The van der Waals surface area contributed by atoms with Crippen molar-refractivity contribution in [1.82, 2.24) is 16.0 Å². The van der Waals surface area contributed by atoms with Gasteiger partial charge in [-0.15, -0.1) is 0 Å². The van der Waals surface area contributed by atoms with Gasteiger partial charge in [0.05, 0.1) is 12.1 Å². The van der Waals surface area contributed by atoms with Crippen LogP contribution >= 0.6 is 0 Å². The predicted molar refractivity (Wildman–Crippen MR) is 102 cm³/mol. The zero-order chi connectivity index (χ0) is 18.3. The number of rotatable bonds is 6. The molecule has 25 heavy (non-hydrogen) atoms. The number of hydrogen-bond acceptors (Lipinski definition) is 3. The van der Waals surface area contributed by atoms with Gasteiger partial charge in [-0.3, -0.25) is 9.79 Å².